The van der Waals surface area contributed by atoms with Crippen molar-refractivity contribution in [2.24, 2.45) is 5.41 Å². The van der Waals surface area contributed by atoms with Crippen molar-refractivity contribution in [1.29, 1.82) is 0 Å². The normalized spacial score (nSPS) is 21.9. The minimum Gasteiger partial charge on any atom is -0.478 e. The molecule has 1 aliphatic carbocycles. The number of anilines is 1. The van der Waals surface area contributed by atoms with Crippen LogP contribution in [0.5, 0.6) is 0 Å². The Morgan fingerprint density at radius 2 is 2.21 bits per heavy atom. The van der Waals surface area contributed by atoms with Crippen LogP contribution in [0.4, 0.5) is 5.82 Å². The van der Waals surface area contributed by atoms with Crippen molar-refractivity contribution in [3.63, 3.8) is 0 Å². The maximum Gasteiger partial charge on any atom is 0.339 e. The van der Waals surface area contributed by atoms with Gasteiger partial charge >= 0.3 is 5.97 Å². The molecule has 0 spiro atoms. The topological polar surface area (TPSA) is 62.2 Å². The van der Waals surface area contributed by atoms with E-state index in [4.69, 9.17) is 0 Å². The Morgan fingerprint density at radius 3 is 2.84 bits per heavy atom. The first-order chi connectivity index (χ1) is 8.92. The van der Waals surface area contributed by atoms with Gasteiger partial charge in [-0.05, 0) is 36.8 Å². The molecule has 1 aliphatic rings. The number of carboxylic acid groups (broad SMARTS) is 1. The maximum atomic E-state index is 11.4. The van der Waals surface area contributed by atoms with Gasteiger partial charge in [0.25, 0.3) is 0 Å². The van der Waals surface area contributed by atoms with Gasteiger partial charge in [-0.3, -0.25) is 0 Å². The van der Waals surface area contributed by atoms with Gasteiger partial charge in [-0.25, -0.2) is 9.78 Å². The first-order valence-electron chi connectivity index (χ1n) is 6.87. The van der Waals surface area contributed by atoms with Gasteiger partial charge < -0.3 is 10.4 Å². The summed E-state index contributed by atoms with van der Waals surface area (Å²) in [6.07, 6.45) is 6.34. The highest BCUT2D eigenvalue weighted by Gasteiger charge is 2.33. The Labute approximate surface area is 114 Å². The van der Waals surface area contributed by atoms with Gasteiger partial charge in [0.1, 0.15) is 11.4 Å². The fraction of sp³-hybridized carbons (Fsp3) is 0.600. The van der Waals surface area contributed by atoms with E-state index < -0.39 is 5.97 Å². The highest BCUT2D eigenvalue weighted by molar-refractivity contribution is 5.94. The SMILES string of the molecule is Cc1ccnc(NC2CCCCC2(C)C)c1C(=O)O. The molecule has 0 saturated heterocycles. The Balaban J connectivity index is 2.28. The Kier molecular flexibility index (Phi) is 3.78. The molecule has 0 amide bonds. The molecule has 1 atom stereocenters. The molecule has 1 unspecified atom stereocenters. The molecule has 1 aromatic rings. The number of carbonyl (C=O) groups is 1. The standard InChI is InChI=1S/C15H22N2O2/c1-10-7-9-16-13(12(10)14(18)19)17-11-6-4-5-8-15(11,2)3/h7,9,11H,4-6,8H2,1-3H3,(H,16,17)(H,18,19). The lowest BCUT2D eigenvalue weighted by atomic mass is 9.73. The smallest absolute Gasteiger partial charge is 0.339 e. The van der Waals surface area contributed by atoms with E-state index in [-0.39, 0.29) is 11.5 Å². The van der Waals surface area contributed by atoms with Crippen LogP contribution in [0.25, 0.3) is 0 Å². The van der Waals surface area contributed by atoms with Gasteiger partial charge in [0.05, 0.1) is 0 Å². The minimum absolute atomic E-state index is 0.180. The monoisotopic (exact) mass is 262 g/mol. The van der Waals surface area contributed by atoms with Crippen LogP contribution in [0.3, 0.4) is 0 Å². The summed E-state index contributed by atoms with van der Waals surface area (Å²) in [5, 5.41) is 12.7. The fourth-order valence-electron chi connectivity index (χ4n) is 2.86. The van der Waals surface area contributed by atoms with E-state index in [1.165, 1.54) is 19.3 Å². The van der Waals surface area contributed by atoms with Crippen LogP contribution in [0.2, 0.25) is 0 Å². The average molecular weight is 262 g/mol. The van der Waals surface area contributed by atoms with Crippen molar-refractivity contribution in [2.45, 2.75) is 52.5 Å². The summed E-state index contributed by atoms with van der Waals surface area (Å²) in [6, 6.07) is 2.02. The predicted octanol–water partition coefficient (Wildman–Crippen LogP) is 3.47. The summed E-state index contributed by atoms with van der Waals surface area (Å²) >= 11 is 0. The molecule has 4 heteroatoms. The molecular formula is C15H22N2O2. The second kappa shape index (κ2) is 5.19. The van der Waals surface area contributed by atoms with Gasteiger partial charge in [0.2, 0.25) is 0 Å². The number of aryl methyl sites for hydroxylation is 1. The van der Waals surface area contributed by atoms with E-state index in [9.17, 15) is 9.90 Å². The quantitative estimate of drug-likeness (QED) is 0.875. The van der Waals surface area contributed by atoms with E-state index >= 15 is 0 Å². The summed E-state index contributed by atoms with van der Waals surface area (Å²) in [5.74, 6) is -0.408. The zero-order valence-corrected chi connectivity index (χ0v) is 11.9. The number of aromatic nitrogens is 1. The van der Waals surface area contributed by atoms with Crippen molar-refractivity contribution >= 4 is 11.8 Å². The summed E-state index contributed by atoms with van der Waals surface area (Å²) < 4.78 is 0. The van der Waals surface area contributed by atoms with Gasteiger partial charge in [0, 0.05) is 12.2 Å². The Morgan fingerprint density at radius 1 is 1.47 bits per heavy atom. The van der Waals surface area contributed by atoms with E-state index in [0.717, 1.165) is 12.0 Å². The molecule has 1 heterocycles. The van der Waals surface area contributed by atoms with Crippen molar-refractivity contribution in [3.05, 3.63) is 23.4 Å². The average Bonchev–Trinajstić information content (AvgIpc) is 2.31. The molecule has 1 saturated carbocycles. The number of nitrogens with one attached hydrogen (secondary N) is 1. The fourth-order valence-corrected chi connectivity index (χ4v) is 2.86. The van der Waals surface area contributed by atoms with Crippen LogP contribution in [-0.4, -0.2) is 22.1 Å². The van der Waals surface area contributed by atoms with E-state index in [1.807, 2.05) is 6.92 Å². The van der Waals surface area contributed by atoms with Crippen LogP contribution in [0, 0.1) is 12.3 Å². The molecule has 1 fully saturated rings. The van der Waals surface area contributed by atoms with Crippen LogP contribution in [0.1, 0.15) is 55.5 Å². The third kappa shape index (κ3) is 2.88. The van der Waals surface area contributed by atoms with Crippen molar-refractivity contribution in [3.8, 4) is 0 Å². The summed E-state index contributed by atoms with van der Waals surface area (Å²) in [5.41, 5.74) is 1.22. The Hall–Kier alpha value is -1.58. The van der Waals surface area contributed by atoms with Gasteiger partial charge in [-0.1, -0.05) is 26.7 Å². The number of rotatable bonds is 3. The molecule has 2 N–H and O–H groups in total. The van der Waals surface area contributed by atoms with Crippen molar-refractivity contribution in [2.75, 3.05) is 5.32 Å². The largest absolute Gasteiger partial charge is 0.478 e. The summed E-state index contributed by atoms with van der Waals surface area (Å²) in [6.45, 7) is 6.28. The zero-order chi connectivity index (χ0) is 14.0. The maximum absolute atomic E-state index is 11.4. The van der Waals surface area contributed by atoms with Crippen LogP contribution >= 0.6 is 0 Å². The lowest BCUT2D eigenvalue weighted by Gasteiger charge is -2.39. The van der Waals surface area contributed by atoms with E-state index in [1.54, 1.807) is 12.3 Å². The van der Waals surface area contributed by atoms with Gasteiger partial charge in [-0.15, -0.1) is 0 Å². The number of carboxylic acids is 1. The lowest BCUT2D eigenvalue weighted by Crippen LogP contribution is -2.39. The number of hydrogen-bond acceptors (Lipinski definition) is 3. The lowest BCUT2D eigenvalue weighted by molar-refractivity contribution is 0.0696. The molecule has 0 radical (unpaired) electrons. The minimum atomic E-state index is -0.915. The van der Waals surface area contributed by atoms with Crippen LogP contribution in [0.15, 0.2) is 12.3 Å². The first kappa shape index (κ1) is 13.8. The Bertz CT molecular complexity index is 483. The third-order valence-corrected chi connectivity index (χ3v) is 4.19. The molecule has 1 aromatic heterocycles. The number of pyridine rings is 1. The molecule has 19 heavy (non-hydrogen) atoms. The third-order valence-electron chi connectivity index (χ3n) is 4.19. The number of aromatic carboxylic acids is 1. The first-order valence-corrected chi connectivity index (χ1v) is 6.87. The summed E-state index contributed by atoms with van der Waals surface area (Å²) in [7, 11) is 0. The van der Waals surface area contributed by atoms with E-state index in [0.29, 0.717) is 11.4 Å². The summed E-state index contributed by atoms with van der Waals surface area (Å²) in [4.78, 5) is 15.6. The number of hydrogen-bond donors (Lipinski definition) is 2. The van der Waals surface area contributed by atoms with Crippen LogP contribution < -0.4 is 5.32 Å². The van der Waals surface area contributed by atoms with Gasteiger partial charge in [0.15, 0.2) is 0 Å². The molecule has 0 aliphatic heterocycles. The van der Waals surface area contributed by atoms with E-state index in [2.05, 4.69) is 24.1 Å². The molecular weight excluding hydrogens is 240 g/mol. The van der Waals surface area contributed by atoms with Crippen molar-refractivity contribution in [1.82, 2.24) is 4.98 Å². The molecule has 0 bridgehead atoms. The molecule has 2 rings (SSSR count). The highest BCUT2D eigenvalue weighted by atomic mass is 16.4. The molecule has 104 valence electrons. The molecule has 0 aromatic carbocycles. The van der Waals surface area contributed by atoms with Gasteiger partial charge in [-0.2, -0.15) is 0 Å². The zero-order valence-electron chi connectivity index (χ0n) is 11.9. The molecule has 4 nitrogen and oxygen atoms in total. The second-order valence-electron chi connectivity index (χ2n) is 6.09. The van der Waals surface area contributed by atoms with Crippen LogP contribution in [-0.2, 0) is 0 Å². The number of nitrogens with zero attached hydrogens (tertiary/aromatic N) is 1. The second-order valence-corrected chi connectivity index (χ2v) is 6.09. The van der Waals surface area contributed by atoms with Crippen molar-refractivity contribution < 1.29 is 9.90 Å². The highest BCUT2D eigenvalue weighted by Crippen LogP contribution is 2.37. The predicted molar refractivity (Wildman–Crippen MR) is 75.6 cm³/mol.